The quantitative estimate of drug-likeness (QED) is 0.362. The maximum Gasteiger partial charge on any atom is 0.537 e. The molecular formula is C20H38O7Si2. The maximum absolute atomic E-state index is 6.16. The van der Waals surface area contributed by atoms with Gasteiger partial charge in [-0.2, -0.15) is 0 Å². The van der Waals surface area contributed by atoms with E-state index in [-0.39, 0.29) is 0 Å². The predicted molar refractivity (Wildman–Crippen MR) is 118 cm³/mol. The van der Waals surface area contributed by atoms with Gasteiger partial charge in [0.1, 0.15) is 5.75 Å². The van der Waals surface area contributed by atoms with Crippen molar-refractivity contribution in [2.45, 2.75) is 47.6 Å². The fourth-order valence-corrected chi connectivity index (χ4v) is 8.90. The van der Waals surface area contributed by atoms with E-state index in [1.807, 2.05) is 59.7 Å². The Bertz CT molecular complexity index is 552. The summed E-state index contributed by atoms with van der Waals surface area (Å²) >= 11 is 0. The summed E-state index contributed by atoms with van der Waals surface area (Å²) in [4.78, 5) is 0. The molecule has 0 N–H and O–H groups in total. The van der Waals surface area contributed by atoms with Gasteiger partial charge in [0.25, 0.3) is 0 Å². The van der Waals surface area contributed by atoms with E-state index in [1.54, 1.807) is 7.11 Å². The van der Waals surface area contributed by atoms with Gasteiger partial charge in [0, 0.05) is 56.4 Å². The minimum atomic E-state index is -3.16. The first-order valence-corrected chi connectivity index (χ1v) is 14.2. The lowest BCUT2D eigenvalue weighted by Gasteiger charge is -2.33. The van der Waals surface area contributed by atoms with Crippen molar-refractivity contribution in [2.75, 3.05) is 46.8 Å². The van der Waals surface area contributed by atoms with Crippen LogP contribution in [-0.4, -0.2) is 64.4 Å². The Hall–Kier alpha value is -0.786. The number of methoxy groups -OCH3 is 1. The van der Waals surface area contributed by atoms with Gasteiger partial charge >= 0.3 is 17.6 Å². The first kappa shape index (κ1) is 26.2. The zero-order chi connectivity index (χ0) is 21.8. The van der Waals surface area contributed by atoms with Crippen molar-refractivity contribution in [3.63, 3.8) is 0 Å². The van der Waals surface area contributed by atoms with E-state index in [2.05, 4.69) is 0 Å². The monoisotopic (exact) mass is 446 g/mol. The zero-order valence-corrected chi connectivity index (χ0v) is 21.0. The van der Waals surface area contributed by atoms with Gasteiger partial charge in [-0.05, 0) is 47.6 Å². The second-order valence-electron chi connectivity index (χ2n) is 6.00. The largest absolute Gasteiger partial charge is 0.537 e. The Balaban J connectivity index is 3.62. The highest BCUT2D eigenvalue weighted by molar-refractivity contribution is 6.76. The molecule has 1 aromatic carbocycles. The molecule has 0 aromatic heterocycles. The molecule has 0 amide bonds. The summed E-state index contributed by atoms with van der Waals surface area (Å²) in [5.74, 6) is 0.717. The smallest absolute Gasteiger partial charge is 0.496 e. The summed E-state index contributed by atoms with van der Waals surface area (Å²) in [7, 11) is -4.49. The second-order valence-corrected chi connectivity index (χ2v) is 11.1. The summed E-state index contributed by atoms with van der Waals surface area (Å²) in [6.07, 6.45) is 0. The molecule has 0 atom stereocenters. The number of rotatable bonds is 16. The highest BCUT2D eigenvalue weighted by Crippen LogP contribution is 2.27. The molecule has 0 saturated heterocycles. The third kappa shape index (κ3) is 6.86. The van der Waals surface area contributed by atoms with Gasteiger partial charge in [-0.1, -0.05) is 12.1 Å². The van der Waals surface area contributed by atoms with Crippen molar-refractivity contribution in [1.82, 2.24) is 0 Å². The molecule has 0 spiro atoms. The van der Waals surface area contributed by atoms with Crippen LogP contribution in [-0.2, 0) is 32.6 Å². The second kappa shape index (κ2) is 13.5. The van der Waals surface area contributed by atoms with Crippen molar-refractivity contribution >= 4 is 22.8 Å². The van der Waals surface area contributed by atoms with Gasteiger partial charge in [-0.15, -0.1) is 0 Å². The number of benzene rings is 1. The topological polar surface area (TPSA) is 64.6 Å². The zero-order valence-electron chi connectivity index (χ0n) is 19.0. The Kier molecular flexibility index (Phi) is 12.2. The standard InChI is InChI=1S/C20H38O7Si2/c1-8-22-28(23-9-2,24-10-3)17-18-19(21-7)15-14-16-20(18)29(25-11-4,26-12-5)27-13-6/h14-16H,8-13,17H2,1-7H3. The molecule has 0 bridgehead atoms. The molecule has 0 fully saturated rings. The summed E-state index contributed by atoms with van der Waals surface area (Å²) < 4.78 is 42.5. The van der Waals surface area contributed by atoms with Crippen LogP contribution in [0.1, 0.15) is 47.1 Å². The molecule has 29 heavy (non-hydrogen) atoms. The van der Waals surface area contributed by atoms with Gasteiger partial charge in [-0.25, -0.2) is 0 Å². The highest BCUT2D eigenvalue weighted by atomic mass is 28.4. The van der Waals surface area contributed by atoms with E-state index in [1.165, 1.54) is 0 Å². The normalized spacial score (nSPS) is 12.4. The third-order valence-corrected chi connectivity index (χ3v) is 10.3. The van der Waals surface area contributed by atoms with Gasteiger partial charge in [-0.3, -0.25) is 0 Å². The van der Waals surface area contributed by atoms with Gasteiger partial charge < -0.3 is 31.3 Å². The maximum atomic E-state index is 6.16. The molecular weight excluding hydrogens is 408 g/mol. The van der Waals surface area contributed by atoms with E-state index in [0.717, 1.165) is 16.5 Å². The fourth-order valence-electron chi connectivity index (χ4n) is 3.31. The Morgan fingerprint density at radius 2 is 1.10 bits per heavy atom. The SMILES string of the molecule is CCO[Si](Cc1c(OC)cccc1[Si](OCC)(OCC)OCC)(OCC)OCC. The van der Waals surface area contributed by atoms with Crippen LogP contribution in [0.4, 0.5) is 0 Å². The third-order valence-electron chi connectivity index (χ3n) is 4.17. The van der Waals surface area contributed by atoms with E-state index < -0.39 is 17.6 Å². The average molecular weight is 447 g/mol. The Labute approximate surface area is 178 Å². The van der Waals surface area contributed by atoms with Crippen molar-refractivity contribution in [2.24, 2.45) is 0 Å². The molecule has 1 aromatic rings. The molecule has 0 aliphatic rings. The molecule has 0 aliphatic carbocycles. The number of hydrogen-bond donors (Lipinski definition) is 0. The fraction of sp³-hybridized carbons (Fsp3) is 0.700. The highest BCUT2D eigenvalue weighted by Gasteiger charge is 2.49. The van der Waals surface area contributed by atoms with E-state index >= 15 is 0 Å². The van der Waals surface area contributed by atoms with Crippen molar-refractivity contribution in [3.8, 4) is 5.75 Å². The molecule has 0 saturated carbocycles. The average Bonchev–Trinajstić information content (AvgIpc) is 2.69. The summed E-state index contributed by atoms with van der Waals surface area (Å²) in [5, 5.41) is 0.874. The lowest BCUT2D eigenvalue weighted by molar-refractivity contribution is 0.0700. The van der Waals surface area contributed by atoms with E-state index in [9.17, 15) is 0 Å². The van der Waals surface area contributed by atoms with Crippen LogP contribution in [0.25, 0.3) is 0 Å². The first-order chi connectivity index (χ1) is 14.0. The molecule has 0 aliphatic heterocycles. The minimum Gasteiger partial charge on any atom is -0.496 e. The number of hydrogen-bond acceptors (Lipinski definition) is 7. The summed E-state index contributed by atoms with van der Waals surface area (Å²) in [5.41, 5.74) is 0.902. The lowest BCUT2D eigenvalue weighted by atomic mass is 10.2. The van der Waals surface area contributed by atoms with E-state index in [4.69, 9.17) is 31.3 Å². The van der Waals surface area contributed by atoms with Gasteiger partial charge in [0.2, 0.25) is 0 Å². The lowest BCUT2D eigenvalue weighted by Crippen LogP contribution is -2.59. The summed E-state index contributed by atoms with van der Waals surface area (Å²) in [6.45, 7) is 14.6. The van der Waals surface area contributed by atoms with Crippen molar-refractivity contribution in [1.29, 1.82) is 0 Å². The molecule has 9 heteroatoms. The molecule has 0 unspecified atom stereocenters. The van der Waals surface area contributed by atoms with Crippen molar-refractivity contribution in [3.05, 3.63) is 23.8 Å². The Morgan fingerprint density at radius 1 is 0.655 bits per heavy atom. The van der Waals surface area contributed by atoms with Crippen LogP contribution in [0, 0.1) is 0 Å². The van der Waals surface area contributed by atoms with Crippen LogP contribution < -0.4 is 9.92 Å². The Morgan fingerprint density at radius 3 is 1.48 bits per heavy atom. The van der Waals surface area contributed by atoms with Crippen LogP contribution in [0.15, 0.2) is 18.2 Å². The first-order valence-electron chi connectivity index (χ1n) is 10.5. The van der Waals surface area contributed by atoms with Crippen LogP contribution >= 0.6 is 0 Å². The number of ether oxygens (including phenoxy) is 1. The molecule has 7 nitrogen and oxygen atoms in total. The molecule has 1 rings (SSSR count). The predicted octanol–water partition coefficient (Wildman–Crippen LogP) is 3.08. The minimum absolute atomic E-state index is 0.448. The van der Waals surface area contributed by atoms with Gasteiger partial charge in [0.05, 0.1) is 7.11 Å². The van der Waals surface area contributed by atoms with Crippen molar-refractivity contribution < 1.29 is 31.3 Å². The van der Waals surface area contributed by atoms with E-state index in [0.29, 0.717) is 45.7 Å². The summed E-state index contributed by atoms with van der Waals surface area (Å²) in [6, 6.07) is 6.30. The molecule has 168 valence electrons. The molecule has 0 heterocycles. The van der Waals surface area contributed by atoms with Gasteiger partial charge in [0.15, 0.2) is 0 Å². The molecule has 0 radical (unpaired) electrons. The van der Waals surface area contributed by atoms with Crippen LogP contribution in [0.3, 0.4) is 0 Å². The van der Waals surface area contributed by atoms with Crippen LogP contribution in [0.5, 0.6) is 5.75 Å². The van der Waals surface area contributed by atoms with Crippen LogP contribution in [0.2, 0.25) is 0 Å².